The number of fused-ring (bicyclic) bond motifs is 2. The van der Waals surface area contributed by atoms with Gasteiger partial charge in [0, 0.05) is 30.2 Å². The predicted molar refractivity (Wildman–Crippen MR) is 126 cm³/mol. The Morgan fingerprint density at radius 3 is 2.69 bits per heavy atom. The highest BCUT2D eigenvalue weighted by Gasteiger charge is 2.64. The third-order valence-electron chi connectivity index (χ3n) is 7.39. The van der Waals surface area contributed by atoms with Crippen molar-refractivity contribution in [3.8, 4) is 5.69 Å². The molecule has 2 heterocycles. The van der Waals surface area contributed by atoms with Gasteiger partial charge in [0.15, 0.2) is 17.4 Å². The molecule has 2 N–H and O–H groups in total. The first kappa shape index (κ1) is 22.3. The Morgan fingerprint density at radius 2 is 1.94 bits per heavy atom. The Bertz CT molecular complexity index is 1510. The van der Waals surface area contributed by atoms with Crippen molar-refractivity contribution in [2.45, 2.75) is 25.3 Å². The predicted octanol–water partition coefficient (Wildman–Crippen LogP) is 4.52. The van der Waals surface area contributed by atoms with Gasteiger partial charge in [0.2, 0.25) is 0 Å². The van der Waals surface area contributed by atoms with Crippen molar-refractivity contribution in [2.24, 2.45) is 22.9 Å². The lowest BCUT2D eigenvalue weighted by molar-refractivity contribution is 0.0825. The number of aromatic nitrogens is 5. The van der Waals surface area contributed by atoms with Crippen molar-refractivity contribution in [3.63, 3.8) is 0 Å². The summed E-state index contributed by atoms with van der Waals surface area (Å²) in [5.41, 5.74) is 9.25. The minimum absolute atomic E-state index is 0.221. The van der Waals surface area contributed by atoms with E-state index in [9.17, 15) is 13.6 Å². The van der Waals surface area contributed by atoms with Crippen LogP contribution >= 0.6 is 0 Å². The van der Waals surface area contributed by atoms with Crippen LogP contribution in [0.1, 0.15) is 28.8 Å². The molecule has 0 saturated heterocycles. The molecule has 4 aromatic rings. The highest BCUT2D eigenvalue weighted by molar-refractivity contribution is 6.07. The number of benzene rings is 2. The molecule has 36 heavy (non-hydrogen) atoms. The number of carbonyl (C=O) groups is 1. The fourth-order valence-electron chi connectivity index (χ4n) is 5.55. The summed E-state index contributed by atoms with van der Waals surface area (Å²) in [7, 11) is 0. The van der Waals surface area contributed by atoms with Crippen LogP contribution in [0.4, 0.5) is 14.6 Å². The summed E-state index contributed by atoms with van der Waals surface area (Å²) in [5.74, 6) is -1.49. The van der Waals surface area contributed by atoms with Crippen LogP contribution in [0.25, 0.3) is 16.7 Å². The van der Waals surface area contributed by atoms with E-state index in [1.807, 2.05) is 13.0 Å². The summed E-state index contributed by atoms with van der Waals surface area (Å²) in [6.07, 6.45) is 6.01. The van der Waals surface area contributed by atoms with Gasteiger partial charge in [0.05, 0.1) is 35.3 Å². The standard InChI is InChI=1S/C25H22F2N8O/c1-13-2-3-22(35-31-4-5-32-35)16(6-13)24(36)25(34-28)10-14-7-15(14)17(25)11-30-23-12-29-20-8-18(26)19(27)9-21(20)33-23/h2-6,8-9,12,14-15,17,28H,7,10-11H2,1H3,(H,30,33). The van der Waals surface area contributed by atoms with E-state index in [1.54, 1.807) is 24.5 Å². The monoisotopic (exact) mass is 488 g/mol. The van der Waals surface area contributed by atoms with Gasteiger partial charge >= 0.3 is 0 Å². The lowest BCUT2D eigenvalue weighted by atomic mass is 9.77. The molecular formula is C25H22F2N8O. The Balaban J connectivity index is 1.32. The number of nitrogens with zero attached hydrogens (tertiary/aromatic N) is 6. The van der Waals surface area contributed by atoms with Gasteiger partial charge in [0.25, 0.3) is 0 Å². The number of aryl methyl sites for hydroxylation is 1. The second kappa shape index (κ2) is 8.21. The van der Waals surface area contributed by atoms with E-state index >= 15 is 0 Å². The fraction of sp³-hybridized carbons (Fsp3) is 0.320. The first-order valence-electron chi connectivity index (χ1n) is 11.7. The molecule has 2 aliphatic carbocycles. The molecule has 0 amide bonds. The highest BCUT2D eigenvalue weighted by atomic mass is 19.2. The summed E-state index contributed by atoms with van der Waals surface area (Å²) < 4.78 is 27.2. The Hall–Kier alpha value is -4.15. The zero-order valence-corrected chi connectivity index (χ0v) is 19.3. The van der Waals surface area contributed by atoms with Crippen LogP contribution in [0.2, 0.25) is 0 Å². The molecule has 6 rings (SSSR count). The molecular weight excluding hydrogens is 466 g/mol. The number of ketones is 1. The molecule has 4 unspecified atom stereocenters. The third-order valence-corrected chi connectivity index (χ3v) is 7.39. The number of halogens is 2. The van der Waals surface area contributed by atoms with Gasteiger partial charge in [-0.05, 0) is 43.7 Å². The Kier molecular flexibility index (Phi) is 5.09. The highest BCUT2D eigenvalue weighted by Crippen LogP contribution is 2.62. The molecule has 0 bridgehead atoms. The van der Waals surface area contributed by atoms with E-state index in [0.29, 0.717) is 36.0 Å². The Labute approximate surface area is 204 Å². The molecule has 2 aliphatic rings. The van der Waals surface area contributed by atoms with Crippen LogP contribution < -0.4 is 5.32 Å². The van der Waals surface area contributed by atoms with Crippen LogP contribution in [0, 0.1) is 41.8 Å². The van der Waals surface area contributed by atoms with Crippen molar-refractivity contribution in [1.82, 2.24) is 25.0 Å². The summed E-state index contributed by atoms with van der Waals surface area (Å²) in [5, 5.41) is 15.6. The van der Waals surface area contributed by atoms with E-state index < -0.39 is 17.2 Å². The maximum absolute atomic E-state index is 14.1. The molecule has 2 saturated carbocycles. The van der Waals surface area contributed by atoms with Crippen molar-refractivity contribution in [2.75, 3.05) is 11.9 Å². The van der Waals surface area contributed by atoms with E-state index in [-0.39, 0.29) is 28.7 Å². The fourth-order valence-corrected chi connectivity index (χ4v) is 5.55. The maximum Gasteiger partial charge on any atom is 0.194 e. The van der Waals surface area contributed by atoms with Gasteiger partial charge in [-0.1, -0.05) is 11.6 Å². The molecule has 0 spiro atoms. The summed E-state index contributed by atoms with van der Waals surface area (Å²) in [6, 6.07) is 7.49. The van der Waals surface area contributed by atoms with E-state index in [0.717, 1.165) is 24.1 Å². The molecule has 182 valence electrons. The van der Waals surface area contributed by atoms with Crippen LogP contribution in [0.3, 0.4) is 0 Å². The second-order valence-electron chi connectivity index (χ2n) is 9.57. The van der Waals surface area contributed by atoms with Gasteiger partial charge in [-0.25, -0.2) is 19.3 Å². The number of hydrogen-bond donors (Lipinski definition) is 2. The third kappa shape index (κ3) is 3.53. The van der Waals surface area contributed by atoms with Gasteiger partial charge in [-0.15, -0.1) is 0 Å². The number of nitrogens with one attached hydrogen (secondary N) is 2. The van der Waals surface area contributed by atoms with Gasteiger partial charge in [-0.3, -0.25) is 9.78 Å². The molecule has 4 atom stereocenters. The van der Waals surface area contributed by atoms with Crippen molar-refractivity contribution in [3.05, 3.63) is 71.7 Å². The molecule has 2 aromatic heterocycles. The number of Topliss-reactive ketones (excluding diaryl/α,β-unsaturated/α-hetero) is 1. The molecule has 0 radical (unpaired) electrons. The molecule has 9 nitrogen and oxygen atoms in total. The number of rotatable bonds is 7. The topological polar surface area (TPSA) is 122 Å². The van der Waals surface area contributed by atoms with E-state index in [4.69, 9.17) is 5.53 Å². The SMILES string of the molecule is Cc1ccc(-n2nccn2)c(C(=O)C2(N=N)CC3CC3C2CNc2cnc3cc(F)c(F)cc3n2)c1. The molecule has 11 heteroatoms. The molecule has 0 aliphatic heterocycles. The summed E-state index contributed by atoms with van der Waals surface area (Å²) >= 11 is 0. The summed E-state index contributed by atoms with van der Waals surface area (Å²) in [6.45, 7) is 2.24. The second-order valence-corrected chi connectivity index (χ2v) is 9.57. The quantitative estimate of drug-likeness (QED) is 0.291. The normalized spacial score (nSPS) is 24.5. The average Bonchev–Trinajstić information content (AvgIpc) is 3.26. The first-order chi connectivity index (χ1) is 17.4. The van der Waals surface area contributed by atoms with Crippen molar-refractivity contribution >= 4 is 22.6 Å². The van der Waals surface area contributed by atoms with Crippen molar-refractivity contribution in [1.29, 1.82) is 5.53 Å². The zero-order valence-electron chi connectivity index (χ0n) is 19.3. The van der Waals surface area contributed by atoms with Crippen LogP contribution in [0.5, 0.6) is 0 Å². The van der Waals surface area contributed by atoms with Gasteiger partial charge in [0.1, 0.15) is 11.4 Å². The number of anilines is 1. The summed E-state index contributed by atoms with van der Waals surface area (Å²) in [4.78, 5) is 24.0. The van der Waals surface area contributed by atoms with Crippen LogP contribution in [-0.2, 0) is 0 Å². The first-order valence-corrected chi connectivity index (χ1v) is 11.7. The largest absolute Gasteiger partial charge is 0.368 e. The van der Waals surface area contributed by atoms with Gasteiger partial charge < -0.3 is 5.32 Å². The minimum atomic E-state index is -1.23. The van der Waals surface area contributed by atoms with E-state index in [1.165, 1.54) is 11.0 Å². The van der Waals surface area contributed by atoms with Crippen LogP contribution in [0.15, 0.2) is 54.0 Å². The number of carbonyl (C=O) groups excluding carboxylic acids is 1. The lowest BCUT2D eigenvalue weighted by Gasteiger charge is -2.32. The maximum atomic E-state index is 14.1. The number of hydrogen-bond acceptors (Lipinski definition) is 8. The van der Waals surface area contributed by atoms with Crippen molar-refractivity contribution < 1.29 is 13.6 Å². The zero-order chi connectivity index (χ0) is 25.0. The molecule has 2 aromatic carbocycles. The lowest BCUT2D eigenvalue weighted by Crippen LogP contribution is -2.45. The van der Waals surface area contributed by atoms with E-state index in [2.05, 4.69) is 30.6 Å². The minimum Gasteiger partial charge on any atom is -0.368 e. The Morgan fingerprint density at radius 1 is 1.19 bits per heavy atom. The average molecular weight is 489 g/mol. The van der Waals surface area contributed by atoms with Crippen LogP contribution in [-0.4, -0.2) is 42.8 Å². The molecule has 2 fully saturated rings. The van der Waals surface area contributed by atoms with Gasteiger partial charge in [-0.2, -0.15) is 20.1 Å². The smallest absolute Gasteiger partial charge is 0.194 e.